The highest BCUT2D eigenvalue weighted by Gasteiger charge is 2.52. The molecule has 2 heterocycles. The van der Waals surface area contributed by atoms with E-state index in [2.05, 4.69) is 0 Å². The first-order chi connectivity index (χ1) is 17.7. The van der Waals surface area contributed by atoms with Crippen LogP contribution in [0.15, 0.2) is 24.3 Å². The molecule has 2 aliphatic heterocycles. The molecule has 10 nitrogen and oxygen atoms in total. The second kappa shape index (κ2) is 11.4. The van der Waals surface area contributed by atoms with Gasteiger partial charge in [-0.1, -0.05) is 24.3 Å². The van der Waals surface area contributed by atoms with Gasteiger partial charge in [0.1, 0.15) is 23.3 Å². The molecule has 2 saturated heterocycles. The normalized spacial score (nSPS) is 28.6. The molecule has 0 aromatic heterocycles. The van der Waals surface area contributed by atoms with Gasteiger partial charge in [-0.05, 0) is 68.2 Å². The van der Waals surface area contributed by atoms with Gasteiger partial charge in [-0.25, -0.2) is 19.2 Å². The number of hydrogen-bond donors (Lipinski definition) is 0. The number of esters is 2. The molecule has 0 radical (unpaired) electrons. The van der Waals surface area contributed by atoms with Crippen LogP contribution in [0.3, 0.4) is 0 Å². The topological polar surface area (TPSA) is 112 Å². The third kappa shape index (κ3) is 6.69. The van der Waals surface area contributed by atoms with E-state index < -0.39 is 35.5 Å². The van der Waals surface area contributed by atoms with Crippen LogP contribution in [0.1, 0.15) is 68.2 Å². The zero-order chi connectivity index (χ0) is 28.4. The molecular weight excluding hydrogens is 492 g/mol. The fourth-order valence-corrected chi connectivity index (χ4v) is 5.28. The number of amides is 2. The van der Waals surface area contributed by atoms with E-state index >= 15 is 0 Å². The Labute approximate surface area is 225 Å². The molecule has 0 aromatic rings. The van der Waals surface area contributed by atoms with Gasteiger partial charge in [-0.2, -0.15) is 0 Å². The fraction of sp³-hybridized carbons (Fsp3) is 0.714. The van der Waals surface area contributed by atoms with Crippen molar-refractivity contribution in [2.45, 2.75) is 104 Å². The SMILES string of the molecule is CCOC(=O)[C@@H]1[C@H]2C=C[C@H](C2)N1C(=O)OC(C)(C)C.CCOC(=O)[C@H]1[C@@H]2C=C[C@@H](C2)N1C(=O)OC(C)(C)C. The summed E-state index contributed by atoms with van der Waals surface area (Å²) >= 11 is 0. The van der Waals surface area contributed by atoms with Crippen LogP contribution in [0.5, 0.6) is 0 Å². The van der Waals surface area contributed by atoms with Crippen LogP contribution in [0, 0.1) is 11.8 Å². The molecule has 6 atom stereocenters. The third-order valence-electron chi connectivity index (χ3n) is 6.58. The van der Waals surface area contributed by atoms with Gasteiger partial charge in [0.25, 0.3) is 0 Å². The standard InChI is InChI=1S/2C14H21NO4/c2*1-5-18-12(16)11-9-6-7-10(8-9)15(11)13(17)19-14(2,3)4/h2*6-7,9-11H,5,8H2,1-4H3/t2*9-,10+,11-/m10/s1. The van der Waals surface area contributed by atoms with E-state index in [9.17, 15) is 19.2 Å². The van der Waals surface area contributed by atoms with Crippen LogP contribution in [0.4, 0.5) is 9.59 Å². The molecule has 212 valence electrons. The van der Waals surface area contributed by atoms with Crippen molar-refractivity contribution in [3.05, 3.63) is 24.3 Å². The van der Waals surface area contributed by atoms with Crippen molar-refractivity contribution < 1.29 is 38.1 Å². The fourth-order valence-electron chi connectivity index (χ4n) is 5.28. The maximum Gasteiger partial charge on any atom is 0.411 e. The Balaban J connectivity index is 0.000000211. The number of rotatable bonds is 4. The zero-order valence-corrected chi connectivity index (χ0v) is 23.8. The highest BCUT2D eigenvalue weighted by atomic mass is 16.6. The van der Waals surface area contributed by atoms with E-state index in [0.29, 0.717) is 13.2 Å². The molecule has 2 fully saturated rings. The van der Waals surface area contributed by atoms with Crippen molar-refractivity contribution in [2.75, 3.05) is 13.2 Å². The first-order valence-corrected chi connectivity index (χ1v) is 13.4. The highest BCUT2D eigenvalue weighted by molar-refractivity contribution is 5.85. The quantitative estimate of drug-likeness (QED) is 0.299. The summed E-state index contributed by atoms with van der Waals surface area (Å²) in [7, 11) is 0. The molecule has 0 aromatic carbocycles. The van der Waals surface area contributed by atoms with Gasteiger partial charge in [0.15, 0.2) is 0 Å². The lowest BCUT2D eigenvalue weighted by Gasteiger charge is -2.32. The maximum absolute atomic E-state index is 12.2. The third-order valence-corrected chi connectivity index (χ3v) is 6.58. The lowest BCUT2D eigenvalue weighted by Crippen LogP contribution is -2.49. The monoisotopic (exact) mass is 534 g/mol. The number of likely N-dealkylation sites (tertiary alicyclic amines) is 2. The van der Waals surface area contributed by atoms with Crippen LogP contribution < -0.4 is 0 Å². The Morgan fingerprint density at radius 2 is 1.00 bits per heavy atom. The second-order valence-electron chi connectivity index (χ2n) is 11.9. The highest BCUT2D eigenvalue weighted by Crippen LogP contribution is 2.40. The largest absolute Gasteiger partial charge is 0.464 e. The van der Waals surface area contributed by atoms with Gasteiger partial charge in [-0.15, -0.1) is 0 Å². The molecule has 0 spiro atoms. The van der Waals surface area contributed by atoms with E-state index in [1.54, 1.807) is 13.8 Å². The molecular formula is C28H42N2O8. The van der Waals surface area contributed by atoms with Gasteiger partial charge < -0.3 is 18.9 Å². The summed E-state index contributed by atoms with van der Waals surface area (Å²) in [5.41, 5.74) is -1.14. The van der Waals surface area contributed by atoms with E-state index in [-0.39, 0.29) is 35.9 Å². The van der Waals surface area contributed by atoms with Gasteiger partial charge in [0.05, 0.1) is 25.3 Å². The van der Waals surface area contributed by atoms with E-state index in [4.69, 9.17) is 18.9 Å². The van der Waals surface area contributed by atoms with Crippen molar-refractivity contribution in [3.63, 3.8) is 0 Å². The van der Waals surface area contributed by atoms with Crippen molar-refractivity contribution in [1.82, 2.24) is 9.80 Å². The maximum atomic E-state index is 12.2. The minimum atomic E-state index is -0.568. The Morgan fingerprint density at radius 3 is 1.29 bits per heavy atom. The summed E-state index contributed by atoms with van der Waals surface area (Å²) in [5.74, 6) is -0.580. The van der Waals surface area contributed by atoms with Gasteiger partial charge >= 0.3 is 24.1 Å². The van der Waals surface area contributed by atoms with Gasteiger partial charge in [0, 0.05) is 11.8 Å². The lowest BCUT2D eigenvalue weighted by molar-refractivity contribution is -0.150. The summed E-state index contributed by atoms with van der Waals surface area (Å²) in [6, 6.07) is -1.17. The smallest absolute Gasteiger partial charge is 0.411 e. The molecule has 4 bridgehead atoms. The Hall–Kier alpha value is -3.04. The van der Waals surface area contributed by atoms with Crippen molar-refractivity contribution >= 4 is 24.1 Å². The van der Waals surface area contributed by atoms with Gasteiger partial charge in [0.2, 0.25) is 0 Å². The van der Waals surface area contributed by atoms with E-state index in [0.717, 1.165) is 12.8 Å². The zero-order valence-electron chi connectivity index (χ0n) is 23.8. The van der Waals surface area contributed by atoms with Crippen LogP contribution in [-0.2, 0) is 28.5 Å². The van der Waals surface area contributed by atoms with Crippen molar-refractivity contribution in [3.8, 4) is 0 Å². The molecule has 0 N–H and O–H groups in total. The predicted octanol–water partition coefficient (Wildman–Crippen LogP) is 4.23. The van der Waals surface area contributed by atoms with Crippen molar-refractivity contribution in [1.29, 1.82) is 0 Å². The summed E-state index contributed by atoms with van der Waals surface area (Å²) in [5, 5.41) is 0. The number of ether oxygens (including phenoxy) is 4. The Bertz CT molecular complexity index is 898. The number of hydrogen-bond acceptors (Lipinski definition) is 8. The molecule has 38 heavy (non-hydrogen) atoms. The van der Waals surface area contributed by atoms with Crippen LogP contribution in [0.2, 0.25) is 0 Å². The average Bonchev–Trinajstić information content (AvgIpc) is 3.57. The number of nitrogens with zero attached hydrogens (tertiary/aromatic N) is 2. The first-order valence-electron chi connectivity index (χ1n) is 13.4. The second-order valence-corrected chi connectivity index (χ2v) is 11.9. The first kappa shape index (κ1) is 29.5. The van der Waals surface area contributed by atoms with Crippen LogP contribution in [0.25, 0.3) is 0 Å². The van der Waals surface area contributed by atoms with E-state index in [1.807, 2.05) is 65.8 Å². The van der Waals surface area contributed by atoms with Crippen LogP contribution in [-0.4, -0.2) is 82.5 Å². The summed E-state index contributed by atoms with van der Waals surface area (Å²) in [4.78, 5) is 51.5. The Morgan fingerprint density at radius 1 is 0.658 bits per heavy atom. The summed E-state index contributed by atoms with van der Waals surface area (Å²) in [6.45, 7) is 15.0. The Kier molecular flexibility index (Phi) is 8.83. The van der Waals surface area contributed by atoms with Crippen LogP contribution >= 0.6 is 0 Å². The lowest BCUT2D eigenvalue weighted by atomic mass is 10.0. The number of carbonyl (C=O) groups excluding carboxylic acids is 4. The summed E-state index contributed by atoms with van der Waals surface area (Å²) < 4.78 is 20.9. The molecule has 2 aliphatic carbocycles. The van der Waals surface area contributed by atoms with Gasteiger partial charge in [-0.3, -0.25) is 9.80 Å². The molecule has 2 amide bonds. The molecule has 0 saturated carbocycles. The van der Waals surface area contributed by atoms with Crippen molar-refractivity contribution in [2.24, 2.45) is 11.8 Å². The summed E-state index contributed by atoms with van der Waals surface area (Å²) in [6.07, 6.45) is 8.59. The minimum absolute atomic E-state index is 0.0470. The average molecular weight is 535 g/mol. The molecule has 4 aliphatic rings. The number of carbonyl (C=O) groups is 4. The van der Waals surface area contributed by atoms with E-state index in [1.165, 1.54) is 9.80 Å². The molecule has 10 heteroatoms. The molecule has 4 rings (SSSR count). The molecule has 0 unspecified atom stereocenters. The predicted molar refractivity (Wildman–Crippen MR) is 139 cm³/mol. The number of fused-ring (bicyclic) bond motifs is 4. The minimum Gasteiger partial charge on any atom is -0.464 e.